The van der Waals surface area contributed by atoms with E-state index < -0.39 is 11.5 Å². The molecule has 1 unspecified atom stereocenters. The minimum absolute atomic E-state index is 0.205. The standard InChI is InChI=1S/C19H31F3N4/c1-6-17(16(4)20)13-18(24-7-2)11-12-19(26(21)22)10-8-9-15(3)14-25-23-5/h8,10,12-13,16,23,25H,3,6-7,9,11,14H2,1-2,4-5H3/b10-8-,17-13+,19-12+,24-18-. The fourth-order valence-corrected chi connectivity index (χ4v) is 2.12. The molecule has 1 atom stereocenters. The average Bonchev–Trinajstić information content (AvgIpc) is 2.59. The molecule has 148 valence electrons. The van der Waals surface area contributed by atoms with Crippen LogP contribution in [0.2, 0.25) is 0 Å². The highest BCUT2D eigenvalue weighted by molar-refractivity contribution is 5.96. The Balaban J connectivity index is 5.09. The Bertz CT molecular complexity index is 535. The van der Waals surface area contributed by atoms with E-state index in [4.69, 9.17) is 0 Å². The first-order valence-corrected chi connectivity index (χ1v) is 8.78. The lowest BCUT2D eigenvalue weighted by molar-refractivity contribution is -0.112. The van der Waals surface area contributed by atoms with Crippen molar-refractivity contribution in [2.24, 2.45) is 4.99 Å². The van der Waals surface area contributed by atoms with Crippen molar-refractivity contribution < 1.29 is 13.4 Å². The SMILES string of the molecule is C=C(C/C=C\C(=C/CC(/C=C(\CC)C(C)F)=N/CC)N(F)F)CNNC. The zero-order valence-electron chi connectivity index (χ0n) is 16.2. The van der Waals surface area contributed by atoms with Crippen LogP contribution in [0.25, 0.3) is 0 Å². The van der Waals surface area contributed by atoms with Crippen LogP contribution in [0.1, 0.15) is 40.0 Å². The molecule has 7 heteroatoms. The van der Waals surface area contributed by atoms with Gasteiger partial charge in [-0.2, -0.15) is 0 Å². The predicted octanol–water partition coefficient (Wildman–Crippen LogP) is 4.71. The summed E-state index contributed by atoms with van der Waals surface area (Å²) in [6, 6.07) is 0. The van der Waals surface area contributed by atoms with E-state index in [1.54, 1.807) is 19.2 Å². The van der Waals surface area contributed by atoms with Crippen LogP contribution in [0.15, 0.2) is 52.7 Å². The van der Waals surface area contributed by atoms with Crippen LogP contribution in [-0.2, 0) is 0 Å². The Hall–Kier alpha value is -1.86. The normalized spacial score (nSPS) is 14.8. The van der Waals surface area contributed by atoms with Gasteiger partial charge in [0.25, 0.3) is 0 Å². The molecule has 0 aliphatic carbocycles. The van der Waals surface area contributed by atoms with Crippen molar-refractivity contribution in [1.29, 1.82) is 0 Å². The zero-order valence-corrected chi connectivity index (χ0v) is 16.2. The molecule has 0 aromatic rings. The van der Waals surface area contributed by atoms with Crippen LogP contribution in [0.4, 0.5) is 13.4 Å². The smallest absolute Gasteiger partial charge is 0.119 e. The Morgan fingerprint density at radius 2 is 1.96 bits per heavy atom. The second kappa shape index (κ2) is 14.3. The number of hydrogen-bond acceptors (Lipinski definition) is 4. The topological polar surface area (TPSA) is 39.7 Å². The third-order valence-electron chi connectivity index (χ3n) is 3.56. The highest BCUT2D eigenvalue weighted by Crippen LogP contribution is 2.14. The number of halogens is 3. The fraction of sp³-hybridized carbons (Fsp3) is 0.526. The summed E-state index contributed by atoms with van der Waals surface area (Å²) in [5, 5.41) is -0.934. The van der Waals surface area contributed by atoms with Crippen LogP contribution in [-0.4, -0.2) is 37.4 Å². The number of rotatable bonds is 13. The highest BCUT2D eigenvalue weighted by Gasteiger charge is 2.08. The van der Waals surface area contributed by atoms with Crippen molar-refractivity contribution in [3.63, 3.8) is 0 Å². The third kappa shape index (κ3) is 10.9. The summed E-state index contributed by atoms with van der Waals surface area (Å²) in [5.41, 5.74) is 7.48. The van der Waals surface area contributed by atoms with Crippen molar-refractivity contribution in [3.05, 3.63) is 47.7 Å². The molecule has 0 rings (SSSR count). The zero-order chi connectivity index (χ0) is 19.9. The van der Waals surface area contributed by atoms with E-state index in [2.05, 4.69) is 22.4 Å². The van der Waals surface area contributed by atoms with Gasteiger partial charge in [0.05, 0.1) is 0 Å². The number of allylic oxidation sites excluding steroid dienone is 5. The lowest BCUT2D eigenvalue weighted by atomic mass is 10.1. The number of hydrazine groups is 1. The van der Waals surface area contributed by atoms with Gasteiger partial charge in [0.1, 0.15) is 11.9 Å². The Kier molecular flexibility index (Phi) is 13.3. The summed E-state index contributed by atoms with van der Waals surface area (Å²) in [6.45, 7) is 10.1. The van der Waals surface area contributed by atoms with Gasteiger partial charge in [-0.3, -0.25) is 15.8 Å². The molecular weight excluding hydrogens is 341 g/mol. The molecule has 0 amide bonds. The van der Waals surface area contributed by atoms with Gasteiger partial charge in [-0.05, 0) is 62.9 Å². The lowest BCUT2D eigenvalue weighted by Gasteiger charge is -2.08. The maximum absolute atomic E-state index is 13.5. The molecule has 4 nitrogen and oxygen atoms in total. The molecule has 26 heavy (non-hydrogen) atoms. The van der Waals surface area contributed by atoms with Crippen molar-refractivity contribution in [2.45, 2.75) is 46.2 Å². The predicted molar refractivity (Wildman–Crippen MR) is 104 cm³/mol. The lowest BCUT2D eigenvalue weighted by Crippen LogP contribution is -2.29. The summed E-state index contributed by atoms with van der Waals surface area (Å²) < 4.78 is 39.7. The van der Waals surface area contributed by atoms with Gasteiger partial charge in [-0.1, -0.05) is 34.1 Å². The molecule has 0 aliphatic heterocycles. The maximum atomic E-state index is 13.5. The molecule has 0 spiro atoms. The maximum Gasteiger partial charge on any atom is 0.119 e. The molecule has 0 aromatic heterocycles. The van der Waals surface area contributed by atoms with Gasteiger partial charge in [-0.15, -0.1) is 0 Å². The molecule has 0 heterocycles. The summed E-state index contributed by atoms with van der Waals surface area (Å²) in [5.74, 6) is 0. The van der Waals surface area contributed by atoms with Crippen LogP contribution >= 0.6 is 0 Å². The summed E-state index contributed by atoms with van der Waals surface area (Å²) in [7, 11) is 1.74. The molecule has 0 saturated carbocycles. The molecule has 0 saturated heterocycles. The monoisotopic (exact) mass is 372 g/mol. The van der Waals surface area contributed by atoms with Gasteiger partial charge in [0.2, 0.25) is 0 Å². The third-order valence-corrected chi connectivity index (χ3v) is 3.56. The van der Waals surface area contributed by atoms with Gasteiger partial charge in [0.15, 0.2) is 0 Å². The van der Waals surface area contributed by atoms with Gasteiger partial charge >= 0.3 is 0 Å². The second-order valence-corrected chi connectivity index (χ2v) is 5.68. The van der Waals surface area contributed by atoms with Gasteiger partial charge < -0.3 is 0 Å². The Morgan fingerprint density at radius 1 is 1.27 bits per heavy atom. The first-order valence-electron chi connectivity index (χ1n) is 8.78. The fourth-order valence-electron chi connectivity index (χ4n) is 2.12. The van der Waals surface area contributed by atoms with Crippen LogP contribution in [0, 0.1) is 0 Å². The Labute approximate surface area is 155 Å². The van der Waals surface area contributed by atoms with Gasteiger partial charge in [0, 0.05) is 25.2 Å². The summed E-state index contributed by atoms with van der Waals surface area (Å²) in [4.78, 5) is 4.28. The van der Waals surface area contributed by atoms with Crippen molar-refractivity contribution in [3.8, 4) is 0 Å². The van der Waals surface area contributed by atoms with E-state index in [9.17, 15) is 13.4 Å². The van der Waals surface area contributed by atoms with Crippen molar-refractivity contribution in [1.82, 2.24) is 16.2 Å². The van der Waals surface area contributed by atoms with Gasteiger partial charge in [-0.25, -0.2) is 4.39 Å². The summed E-state index contributed by atoms with van der Waals surface area (Å²) >= 11 is 0. The van der Waals surface area contributed by atoms with Crippen molar-refractivity contribution in [2.75, 3.05) is 20.1 Å². The quantitative estimate of drug-likeness (QED) is 0.162. The Morgan fingerprint density at radius 3 is 2.46 bits per heavy atom. The highest BCUT2D eigenvalue weighted by atomic mass is 19.4. The average molecular weight is 372 g/mol. The van der Waals surface area contributed by atoms with E-state index in [1.807, 2.05) is 13.8 Å². The number of hydrogen-bond donors (Lipinski definition) is 2. The van der Waals surface area contributed by atoms with Crippen LogP contribution in [0.5, 0.6) is 0 Å². The molecule has 0 aliphatic rings. The van der Waals surface area contributed by atoms with E-state index in [0.717, 1.165) is 5.57 Å². The number of aliphatic imine (C=N–C) groups is 1. The number of nitrogens with zero attached hydrogens (tertiary/aromatic N) is 2. The minimum atomic E-state index is -1.08. The molecule has 0 radical (unpaired) electrons. The molecule has 2 N–H and O–H groups in total. The largest absolute Gasteiger partial charge is 0.290 e. The van der Waals surface area contributed by atoms with E-state index in [-0.39, 0.29) is 12.1 Å². The molecular formula is C19H31F3N4. The van der Waals surface area contributed by atoms with E-state index in [1.165, 1.54) is 19.1 Å². The minimum Gasteiger partial charge on any atom is -0.290 e. The van der Waals surface area contributed by atoms with Crippen molar-refractivity contribution >= 4 is 5.71 Å². The van der Waals surface area contributed by atoms with E-state index >= 15 is 0 Å². The number of alkyl halides is 1. The first-order chi connectivity index (χ1) is 12.3. The molecule has 0 bridgehead atoms. The second-order valence-electron chi connectivity index (χ2n) is 5.68. The molecule has 0 aromatic carbocycles. The molecule has 0 fully saturated rings. The van der Waals surface area contributed by atoms with Crippen LogP contribution in [0.3, 0.4) is 0 Å². The number of nitrogens with one attached hydrogen (secondary N) is 2. The summed E-state index contributed by atoms with van der Waals surface area (Å²) in [6.07, 6.45) is 6.18. The van der Waals surface area contributed by atoms with Crippen LogP contribution < -0.4 is 10.9 Å². The van der Waals surface area contributed by atoms with E-state index in [0.29, 0.717) is 37.2 Å². The first kappa shape index (κ1) is 24.1.